The molecule has 1 heterocycles. The minimum absolute atomic E-state index is 0. The molecule has 1 aromatic heterocycles. The van der Waals surface area contributed by atoms with Crippen molar-refractivity contribution in [2.24, 2.45) is 11.7 Å². The van der Waals surface area contributed by atoms with E-state index in [2.05, 4.69) is 20.5 Å². The van der Waals surface area contributed by atoms with Crippen molar-refractivity contribution < 1.29 is 4.79 Å². The molecule has 1 aromatic carbocycles. The highest BCUT2D eigenvalue weighted by Gasteiger charge is 2.41. The second-order valence-corrected chi connectivity index (χ2v) is 7.09. The molecule has 25 heavy (non-hydrogen) atoms. The molecule has 0 saturated heterocycles. The highest BCUT2D eigenvalue weighted by Crippen LogP contribution is 2.39. The van der Waals surface area contributed by atoms with E-state index in [1.165, 1.54) is 6.33 Å². The van der Waals surface area contributed by atoms with Crippen molar-refractivity contribution >= 4 is 42.5 Å². The molecule has 1 atom stereocenters. The zero-order valence-corrected chi connectivity index (χ0v) is 16.3. The molecule has 1 amide bonds. The molecule has 1 aliphatic rings. The van der Waals surface area contributed by atoms with Gasteiger partial charge in [-0.05, 0) is 43.4 Å². The smallest absolute Gasteiger partial charge is 0.251 e. The van der Waals surface area contributed by atoms with Crippen LogP contribution >= 0.6 is 36.6 Å². The van der Waals surface area contributed by atoms with Crippen molar-refractivity contribution in [3.05, 3.63) is 41.7 Å². The Labute approximate surface area is 163 Å². The first-order valence-electron chi connectivity index (χ1n) is 7.70. The minimum atomic E-state index is -0.294. The second kappa shape index (κ2) is 9.43. The van der Waals surface area contributed by atoms with Crippen LogP contribution in [0.4, 0.5) is 0 Å². The summed E-state index contributed by atoms with van der Waals surface area (Å²) in [6, 6.07) is 7.65. The van der Waals surface area contributed by atoms with Gasteiger partial charge in [-0.3, -0.25) is 9.89 Å². The van der Waals surface area contributed by atoms with Crippen LogP contribution in [0.5, 0.6) is 0 Å². The lowest BCUT2D eigenvalue weighted by molar-refractivity contribution is 0.0898. The fourth-order valence-corrected chi connectivity index (χ4v) is 3.27. The topological polar surface area (TPSA) is 96.7 Å². The third kappa shape index (κ3) is 5.60. The van der Waals surface area contributed by atoms with Gasteiger partial charge in [0.15, 0.2) is 5.16 Å². The van der Waals surface area contributed by atoms with Crippen molar-refractivity contribution in [2.75, 3.05) is 6.54 Å². The average molecular weight is 404 g/mol. The Balaban J connectivity index is 0.00000156. The average Bonchev–Trinajstić information content (AvgIpc) is 3.31. The van der Waals surface area contributed by atoms with Gasteiger partial charge in [0.05, 0.1) is 5.54 Å². The molecular weight excluding hydrogens is 381 g/mol. The Hall–Kier alpha value is -1.28. The van der Waals surface area contributed by atoms with E-state index in [0.29, 0.717) is 18.0 Å². The number of carbonyl (C=O) groups excluding carboxylic acids is 1. The number of aromatic amines is 1. The van der Waals surface area contributed by atoms with Crippen LogP contribution in [0, 0.1) is 5.92 Å². The zero-order chi connectivity index (χ0) is 16.3. The van der Waals surface area contributed by atoms with E-state index in [1.807, 2.05) is 31.2 Å². The van der Waals surface area contributed by atoms with Crippen LogP contribution in [0.1, 0.15) is 35.7 Å². The number of nitrogens with zero attached hydrogens (tertiary/aromatic N) is 2. The van der Waals surface area contributed by atoms with Gasteiger partial charge in [0, 0.05) is 17.9 Å². The van der Waals surface area contributed by atoms with Gasteiger partial charge >= 0.3 is 0 Å². The number of amides is 1. The fourth-order valence-electron chi connectivity index (χ4n) is 2.54. The predicted octanol–water partition coefficient (Wildman–Crippen LogP) is 2.80. The van der Waals surface area contributed by atoms with Crippen LogP contribution in [-0.2, 0) is 5.75 Å². The van der Waals surface area contributed by atoms with Crippen LogP contribution in [0.25, 0.3) is 0 Å². The summed E-state index contributed by atoms with van der Waals surface area (Å²) in [5.41, 5.74) is 7.36. The number of nitrogens with one attached hydrogen (secondary N) is 2. The summed E-state index contributed by atoms with van der Waals surface area (Å²) in [4.78, 5) is 16.5. The lowest BCUT2D eigenvalue weighted by atomic mass is 9.95. The Morgan fingerprint density at radius 2 is 2.04 bits per heavy atom. The lowest BCUT2D eigenvalue weighted by Crippen LogP contribution is -2.53. The summed E-state index contributed by atoms with van der Waals surface area (Å²) >= 11 is 1.57. The number of nitrogens with two attached hydrogens (primary N) is 1. The first-order valence-corrected chi connectivity index (χ1v) is 8.69. The minimum Gasteiger partial charge on any atom is -0.345 e. The number of H-pyrrole nitrogens is 1. The second-order valence-electron chi connectivity index (χ2n) is 6.13. The number of carbonyl (C=O) groups is 1. The number of aromatic nitrogens is 3. The maximum Gasteiger partial charge on any atom is 0.251 e. The third-order valence-electron chi connectivity index (χ3n) is 4.29. The lowest BCUT2D eigenvalue weighted by Gasteiger charge is -2.29. The van der Waals surface area contributed by atoms with Gasteiger partial charge in [-0.2, -0.15) is 5.10 Å². The number of halogens is 2. The van der Waals surface area contributed by atoms with Crippen molar-refractivity contribution in [3.8, 4) is 0 Å². The normalized spacial score (nSPS) is 15.4. The Kier molecular flexibility index (Phi) is 8.21. The first-order chi connectivity index (χ1) is 11.1. The monoisotopic (exact) mass is 403 g/mol. The molecule has 2 aromatic rings. The van der Waals surface area contributed by atoms with E-state index in [9.17, 15) is 4.79 Å². The number of thioether (sulfide) groups is 1. The summed E-state index contributed by atoms with van der Waals surface area (Å²) < 4.78 is 0. The van der Waals surface area contributed by atoms with Gasteiger partial charge in [-0.25, -0.2) is 4.98 Å². The molecule has 138 valence electrons. The summed E-state index contributed by atoms with van der Waals surface area (Å²) in [6.45, 7) is 2.50. The molecule has 3 rings (SSSR count). The molecule has 1 fully saturated rings. The quantitative estimate of drug-likeness (QED) is 0.617. The van der Waals surface area contributed by atoms with Crippen LogP contribution in [0.15, 0.2) is 35.7 Å². The maximum atomic E-state index is 12.4. The van der Waals surface area contributed by atoms with Gasteiger partial charge < -0.3 is 11.1 Å². The predicted molar refractivity (Wildman–Crippen MR) is 105 cm³/mol. The van der Waals surface area contributed by atoms with Crippen LogP contribution in [0.3, 0.4) is 0 Å². The molecule has 1 aliphatic carbocycles. The Morgan fingerprint density at radius 3 is 2.56 bits per heavy atom. The number of benzene rings is 1. The molecule has 9 heteroatoms. The Bertz CT molecular complexity index is 664. The van der Waals surface area contributed by atoms with Gasteiger partial charge in [0.1, 0.15) is 6.33 Å². The highest BCUT2D eigenvalue weighted by molar-refractivity contribution is 7.98. The van der Waals surface area contributed by atoms with E-state index in [-0.39, 0.29) is 36.3 Å². The van der Waals surface area contributed by atoms with E-state index >= 15 is 0 Å². The van der Waals surface area contributed by atoms with Crippen LogP contribution in [-0.4, -0.2) is 33.2 Å². The zero-order valence-electron chi connectivity index (χ0n) is 13.9. The van der Waals surface area contributed by atoms with Crippen LogP contribution in [0.2, 0.25) is 0 Å². The molecular formula is C16H23Cl2N5OS. The molecule has 0 radical (unpaired) electrons. The number of hydrogen-bond acceptors (Lipinski definition) is 5. The molecule has 0 bridgehead atoms. The largest absolute Gasteiger partial charge is 0.345 e. The van der Waals surface area contributed by atoms with Gasteiger partial charge in [-0.1, -0.05) is 23.9 Å². The maximum absolute atomic E-state index is 12.4. The Morgan fingerprint density at radius 1 is 1.36 bits per heavy atom. The van der Waals surface area contributed by atoms with Crippen molar-refractivity contribution in [2.45, 2.75) is 36.2 Å². The van der Waals surface area contributed by atoms with E-state index in [1.54, 1.807) is 11.8 Å². The number of rotatable bonds is 7. The van der Waals surface area contributed by atoms with E-state index < -0.39 is 0 Å². The molecule has 1 saturated carbocycles. The fraction of sp³-hybridized carbons (Fsp3) is 0.438. The third-order valence-corrected chi connectivity index (χ3v) is 5.23. The summed E-state index contributed by atoms with van der Waals surface area (Å²) in [6.07, 6.45) is 3.78. The summed E-state index contributed by atoms with van der Waals surface area (Å²) in [5, 5.41) is 10.5. The molecule has 0 aliphatic heterocycles. The summed E-state index contributed by atoms with van der Waals surface area (Å²) in [5.74, 6) is 1.23. The van der Waals surface area contributed by atoms with Crippen molar-refractivity contribution in [3.63, 3.8) is 0 Å². The van der Waals surface area contributed by atoms with E-state index in [0.717, 1.165) is 29.3 Å². The van der Waals surface area contributed by atoms with Gasteiger partial charge in [0.25, 0.3) is 5.91 Å². The molecule has 6 nitrogen and oxygen atoms in total. The van der Waals surface area contributed by atoms with E-state index in [4.69, 9.17) is 5.73 Å². The molecule has 1 unspecified atom stereocenters. The highest BCUT2D eigenvalue weighted by atomic mass is 35.5. The van der Waals surface area contributed by atoms with Gasteiger partial charge in [-0.15, -0.1) is 24.8 Å². The van der Waals surface area contributed by atoms with Crippen molar-refractivity contribution in [1.29, 1.82) is 0 Å². The summed E-state index contributed by atoms with van der Waals surface area (Å²) in [7, 11) is 0. The van der Waals surface area contributed by atoms with Gasteiger partial charge in [0.2, 0.25) is 0 Å². The standard InChI is InChI=1S/C16H21N5OS.2ClH/c1-16(9-17,13-6-7-13)20-14(22)12-4-2-11(3-5-12)8-23-15-18-10-19-21-15;;/h2-5,10,13H,6-9,17H2,1H3,(H,20,22)(H,18,19,21);2*1H. The first kappa shape index (κ1) is 21.8. The SMILES string of the molecule is CC(CN)(NC(=O)c1ccc(CSc2ncn[nH]2)cc1)C1CC1.Cl.Cl. The molecule has 0 spiro atoms. The van der Waals surface area contributed by atoms with Crippen LogP contribution < -0.4 is 11.1 Å². The van der Waals surface area contributed by atoms with Crippen molar-refractivity contribution in [1.82, 2.24) is 20.5 Å². The number of hydrogen-bond donors (Lipinski definition) is 3. The molecule has 4 N–H and O–H groups in total.